The number of nitrogens with one attached hydrogen (secondary N) is 1. The summed E-state index contributed by atoms with van der Waals surface area (Å²) in [5.41, 5.74) is 11.5. The average molecular weight is 2080 g/mol. The standard InChI is InChI=1S/C18H17ClF2N4O5S.C17H17ClF2N4O3S.C10H9ClF2N4O4S.C9H7ClF2N4O2.C8H6ClN3O2.C3H5F3O3S.C2H2O3S2.CH4/c1-30-12-5-3-11(4-6-12)9-24(31(2,28)29)18-16-13(19)7-8-14(25(26)27)17(16)23(22-18)10-15(20)21;1-27-11-5-3-10(4-6-11)9-23(28(2,25)26)16-14-12(18)7-8-13(21)15(14)24(22-16)17(19)20;1-22(20,21)15-10-8-5(11)2-3-6(17(18)19)9(8)16(14-10)4-7(12)13;10-4-1-2-5(16(17)18)8-7(4)9(13)14-15(8)3-6(11)12;9-5-1-2-6(12(13)14)4-3-11-8(10)7(4)5;1-2-9-10(7,8)3(4,5)6;3-1-7(4,5)2-6;/h3-8,15H,9-10H2,1-2H3;3-8,17H,9,21H2,1-2H3;2-3,7H,4H2,1H3,(H,14,15);1-2,6H,3H2,(H2,13,14);1-2H,3H2,(H2,10,11);2H2,1H3;1H,(H,4,5);1H4. The van der Waals surface area contributed by atoms with Gasteiger partial charge in [0.15, 0.2) is 33.1 Å². The number of hydrogen-bond acceptors (Lipinski definition) is 30. The minimum absolute atomic E-state index is 0. The number of non-ortho nitro benzene ring substituents is 3. The van der Waals surface area contributed by atoms with Gasteiger partial charge in [-0.25, -0.2) is 78.5 Å². The van der Waals surface area contributed by atoms with Crippen molar-refractivity contribution in [1.82, 2.24) is 39.1 Å². The summed E-state index contributed by atoms with van der Waals surface area (Å²) in [7, 11) is -17.5. The maximum absolute atomic E-state index is 13.5. The van der Waals surface area contributed by atoms with E-state index in [1.54, 1.807) is 48.5 Å². The van der Waals surface area contributed by atoms with E-state index in [0.717, 1.165) is 57.2 Å². The third-order valence-corrected chi connectivity index (χ3v) is 23.1. The summed E-state index contributed by atoms with van der Waals surface area (Å²) in [6, 6.07) is 25.7. The van der Waals surface area contributed by atoms with Crippen molar-refractivity contribution in [1.29, 1.82) is 0 Å². The summed E-state index contributed by atoms with van der Waals surface area (Å²) >= 11 is 33.9. The lowest BCUT2D eigenvalue weighted by Gasteiger charge is -2.20. The van der Waals surface area contributed by atoms with Gasteiger partial charge in [0.05, 0.1) is 137 Å². The second-order valence-corrected chi connectivity index (χ2v) is 36.6. The number of sulfonamides is 3. The van der Waals surface area contributed by atoms with Crippen LogP contribution in [0.25, 0.3) is 43.6 Å². The number of thiocarbonyl (C=S) groups is 1. The molecule has 0 fully saturated rings. The summed E-state index contributed by atoms with van der Waals surface area (Å²) in [5.74, 6) is 0.478. The SMILES string of the molecule is C.CCOS(=O)(=O)C(F)(F)F.COc1ccc(CN(c2nn(C(F)F)c3c(N)ccc(Cl)c23)S(C)(=O)=O)cc1.COc1ccc(CN(c2nn(CC(F)F)c3c([N+](=O)[O-])ccc(Cl)c23)S(C)(=O)=O)cc1.CS(=O)(=O)Nc1nn(CC(F)F)c2c([N+](=O)[O-])ccc(Cl)c12.NC1=NCc2c([N+](=O)[O-])ccc(Cl)c21.Nc1nn(CC(F)F)c2c([N+](=O)[O-])ccc(Cl)c12.O=CS(=O)(O)=C=S. The zero-order chi connectivity index (χ0) is 98.3. The van der Waals surface area contributed by atoms with Crippen LogP contribution in [0.2, 0.25) is 25.1 Å². The second kappa shape index (κ2) is 45.4. The van der Waals surface area contributed by atoms with Crippen molar-refractivity contribution in [3.05, 3.63) is 197 Å². The molecule has 0 amide bonds. The van der Waals surface area contributed by atoms with Crippen LogP contribution < -0.4 is 40.0 Å². The molecular formula is C68H67Cl5F11N19O22S6. The first kappa shape index (κ1) is 110. The van der Waals surface area contributed by atoms with Crippen molar-refractivity contribution in [2.24, 2.45) is 10.7 Å². The number of nitro benzene ring substituents is 4. The molecular weight excluding hydrogens is 2010 g/mol. The van der Waals surface area contributed by atoms with E-state index in [0.29, 0.717) is 52.8 Å². The number of carbonyl (C=O) groups excluding carboxylic acids is 1. The first-order valence-electron chi connectivity index (χ1n) is 34.6. The van der Waals surface area contributed by atoms with E-state index in [4.69, 9.17) is 89.2 Å². The van der Waals surface area contributed by atoms with Crippen LogP contribution in [0.1, 0.15) is 43.2 Å². The predicted octanol–water partition coefficient (Wildman–Crippen LogP) is 14.9. The van der Waals surface area contributed by atoms with Crippen LogP contribution in [-0.2, 0) is 98.2 Å². The molecule has 1 unspecified atom stereocenters. The highest BCUT2D eigenvalue weighted by Gasteiger charge is 2.47. The van der Waals surface area contributed by atoms with Gasteiger partial charge in [0.1, 0.15) is 59.0 Å². The van der Waals surface area contributed by atoms with E-state index >= 15 is 0 Å². The zero-order valence-corrected chi connectivity index (χ0v) is 74.9. The van der Waals surface area contributed by atoms with Gasteiger partial charge in [-0.2, -0.15) is 50.3 Å². The predicted molar refractivity (Wildman–Crippen MR) is 470 cm³/mol. The highest BCUT2D eigenvalue weighted by molar-refractivity contribution is 8.13. The molecule has 1 aliphatic rings. The smallest absolute Gasteiger partial charge is 0.497 e. The number of amidine groups is 1. The van der Waals surface area contributed by atoms with Gasteiger partial charge in [-0.05, 0) is 90.9 Å². The van der Waals surface area contributed by atoms with Crippen LogP contribution in [0, 0.1) is 40.5 Å². The van der Waals surface area contributed by atoms with Gasteiger partial charge >= 0.3 is 22.2 Å². The van der Waals surface area contributed by atoms with Gasteiger partial charge in [-0.3, -0.25) is 59.1 Å². The number of carbonyl (C=O) groups is 1. The lowest BCUT2D eigenvalue weighted by Crippen LogP contribution is -2.30. The number of nitrogens with two attached hydrogens (primary N) is 3. The second-order valence-electron chi connectivity index (χ2n) is 25.4. The Morgan fingerprint density at radius 1 is 0.557 bits per heavy atom. The monoisotopic (exact) mass is 2080 g/mol. The quantitative estimate of drug-likeness (QED) is 0.00491. The molecule has 12 rings (SSSR count). The molecule has 63 heteroatoms. The van der Waals surface area contributed by atoms with E-state index in [9.17, 15) is 131 Å². The number of fused-ring (bicyclic) bond motifs is 5. The van der Waals surface area contributed by atoms with Crippen molar-refractivity contribution in [3.63, 3.8) is 0 Å². The molecule has 4 aromatic heterocycles. The van der Waals surface area contributed by atoms with Crippen LogP contribution in [0.5, 0.6) is 11.5 Å². The number of nitro groups is 4. The molecule has 0 saturated heterocycles. The highest BCUT2D eigenvalue weighted by atomic mass is 35.5. The molecule has 0 aliphatic carbocycles. The Labute approximate surface area is 762 Å². The first-order valence-corrected chi connectivity index (χ1v) is 45.4. The number of alkyl halides is 11. The minimum atomic E-state index is -5.35. The highest BCUT2D eigenvalue weighted by Crippen LogP contribution is 2.44. The number of methoxy groups -OCH3 is 2. The third-order valence-electron chi connectivity index (χ3n) is 16.4. The number of aliphatic imine (C=N–C) groups is 1. The minimum Gasteiger partial charge on any atom is -0.497 e. The molecule has 131 heavy (non-hydrogen) atoms. The van der Waals surface area contributed by atoms with Crippen LogP contribution >= 0.6 is 70.2 Å². The number of rotatable bonds is 26. The summed E-state index contributed by atoms with van der Waals surface area (Å²) in [4.78, 5) is 54.7. The summed E-state index contributed by atoms with van der Waals surface area (Å²) in [6.45, 7) is -5.19. The Morgan fingerprint density at radius 3 is 1.28 bits per heavy atom. The largest absolute Gasteiger partial charge is 0.523 e. The Bertz CT molecular complexity index is 6800. The van der Waals surface area contributed by atoms with Gasteiger partial charge in [-0.1, -0.05) is 89.7 Å². The van der Waals surface area contributed by atoms with E-state index in [1.807, 2.05) is 4.72 Å². The molecule has 0 bridgehead atoms. The van der Waals surface area contributed by atoms with Crippen molar-refractivity contribution < 1.29 is 129 Å². The third kappa shape index (κ3) is 28.2. The van der Waals surface area contributed by atoms with Crippen LogP contribution in [-0.4, -0.2) is 181 Å². The van der Waals surface area contributed by atoms with Gasteiger partial charge in [0.25, 0.3) is 42.0 Å². The summed E-state index contributed by atoms with van der Waals surface area (Å²) in [5, 5.41) is 59.7. The maximum Gasteiger partial charge on any atom is 0.523 e. The number of nitrogens with zero attached hydrogens (tertiary/aromatic N) is 15. The fourth-order valence-corrected chi connectivity index (χ4v) is 15.2. The summed E-state index contributed by atoms with van der Waals surface area (Å²) < 4.78 is 269. The molecule has 1 aliphatic heterocycles. The van der Waals surface area contributed by atoms with Crippen LogP contribution in [0.3, 0.4) is 0 Å². The average Bonchev–Trinajstić information content (AvgIpc) is 1.59. The number of anilines is 5. The van der Waals surface area contributed by atoms with E-state index in [1.165, 1.54) is 61.0 Å². The van der Waals surface area contributed by atoms with Gasteiger partial charge in [0.2, 0.25) is 35.7 Å². The van der Waals surface area contributed by atoms with Crippen molar-refractivity contribution >= 4 is 231 Å². The van der Waals surface area contributed by atoms with Crippen molar-refractivity contribution in [2.75, 3.05) is 64.4 Å². The van der Waals surface area contributed by atoms with Gasteiger partial charge < -0.3 is 31.2 Å². The number of aromatic nitrogens is 8. The van der Waals surface area contributed by atoms with Gasteiger partial charge in [0, 0.05) is 34.1 Å². The lowest BCUT2D eigenvalue weighted by molar-refractivity contribution is -0.385. The Kier molecular flexibility index (Phi) is 38.1. The molecule has 714 valence electrons. The van der Waals surface area contributed by atoms with Crippen molar-refractivity contribution in [3.8, 4) is 11.5 Å². The Hall–Kier alpha value is -11.7. The molecule has 0 radical (unpaired) electrons. The molecule has 1 atom stereocenters. The number of halogens is 16. The Morgan fingerprint density at radius 2 is 0.924 bits per heavy atom. The topological polar surface area (TPSA) is 571 Å². The number of benzene rings is 7. The number of hydrogen-bond donors (Lipinski definition) is 5. The molecule has 5 heterocycles. The molecule has 7 aromatic carbocycles. The first-order chi connectivity index (χ1) is 60.2. The lowest BCUT2D eigenvalue weighted by atomic mass is 10.1. The molecule has 0 saturated carbocycles. The number of nitrogen functional groups attached to an aromatic ring is 2. The Balaban J connectivity index is 0.000000282. The van der Waals surface area contributed by atoms with Crippen LogP contribution in [0.15, 0.2) is 114 Å². The fourth-order valence-electron chi connectivity index (χ4n) is 11.2. The van der Waals surface area contributed by atoms with E-state index in [2.05, 4.69) is 41.8 Å². The molecule has 11 aromatic rings. The van der Waals surface area contributed by atoms with E-state index < -0.39 is 139 Å². The normalized spacial score (nSPS) is 12.3. The summed E-state index contributed by atoms with van der Waals surface area (Å²) in [6.07, 6.45) is -5.72. The zero-order valence-electron chi connectivity index (χ0n) is 66.2. The number of ether oxygens (including phenoxy) is 2. The van der Waals surface area contributed by atoms with Gasteiger partial charge in [-0.15, -0.1) is 5.10 Å². The molecule has 0 spiro atoms. The van der Waals surface area contributed by atoms with E-state index in [-0.39, 0.29) is 143 Å². The fraction of sp³-hybridized carbons (Fsp3) is 0.279. The van der Waals surface area contributed by atoms with Crippen LogP contribution in [0.4, 0.5) is 100 Å². The maximum atomic E-state index is 13.5. The molecule has 8 N–H and O–H groups in total. The van der Waals surface area contributed by atoms with Crippen molar-refractivity contribution in [2.45, 2.75) is 85.0 Å². The molecule has 41 nitrogen and oxygen atoms in total.